The van der Waals surface area contributed by atoms with Crippen LogP contribution in [0.1, 0.15) is 38.6 Å². The van der Waals surface area contributed by atoms with Gasteiger partial charge in [0.2, 0.25) is 5.91 Å². The van der Waals surface area contributed by atoms with Crippen molar-refractivity contribution in [1.82, 2.24) is 25.6 Å². The zero-order valence-electron chi connectivity index (χ0n) is 15.9. The number of aromatic amines is 1. The molecule has 0 bridgehead atoms. The zero-order chi connectivity index (χ0) is 21.2. The molecule has 2 aromatic rings. The maximum Gasteiger partial charge on any atom is 0.405 e. The highest BCUT2D eigenvalue weighted by atomic mass is 19.4. The highest BCUT2D eigenvalue weighted by molar-refractivity contribution is 5.94. The molecule has 0 atom stereocenters. The highest BCUT2D eigenvalue weighted by Crippen LogP contribution is 2.22. The van der Waals surface area contributed by atoms with Crippen LogP contribution in [0, 0.1) is 0 Å². The number of amides is 2. The number of aromatic nitrogens is 3. The molecule has 0 unspecified atom stereocenters. The molecule has 1 fully saturated rings. The lowest BCUT2D eigenvalue weighted by Gasteiger charge is -2.26. The van der Waals surface area contributed by atoms with Crippen LogP contribution in [-0.2, 0) is 4.79 Å². The molecule has 8 nitrogen and oxygen atoms in total. The molecule has 0 aromatic carbocycles. The number of hydrogen-bond acceptors (Lipinski definition) is 5. The van der Waals surface area contributed by atoms with E-state index in [-0.39, 0.29) is 19.2 Å². The summed E-state index contributed by atoms with van der Waals surface area (Å²) < 4.78 is 36.9. The Balaban J connectivity index is 0.00000320. The number of alkyl halides is 3. The van der Waals surface area contributed by atoms with Crippen LogP contribution in [0.2, 0.25) is 0 Å². The van der Waals surface area contributed by atoms with Gasteiger partial charge in [-0.1, -0.05) is 0 Å². The van der Waals surface area contributed by atoms with E-state index in [9.17, 15) is 22.8 Å². The highest BCUT2D eigenvalue weighted by Gasteiger charge is 2.33. The Kier molecular flexibility index (Phi) is 5.49. The van der Waals surface area contributed by atoms with Crippen molar-refractivity contribution >= 4 is 17.6 Å². The molecule has 0 aliphatic heterocycles. The van der Waals surface area contributed by atoms with Crippen LogP contribution in [0.25, 0.3) is 11.4 Å². The normalized spacial score (nSPS) is 14.4. The molecule has 0 radical (unpaired) electrons. The molecule has 3 rings (SSSR count). The summed E-state index contributed by atoms with van der Waals surface area (Å²) in [4.78, 5) is 35.5. The number of nitrogens with zero attached hydrogens (tertiary/aromatic N) is 2. The van der Waals surface area contributed by atoms with Crippen molar-refractivity contribution in [3.05, 3.63) is 30.2 Å². The van der Waals surface area contributed by atoms with E-state index in [4.69, 9.17) is 0 Å². The lowest BCUT2D eigenvalue weighted by atomic mass is 10.0. The number of nitrogens with one attached hydrogen (secondary N) is 4. The van der Waals surface area contributed by atoms with Crippen molar-refractivity contribution in [3.63, 3.8) is 0 Å². The van der Waals surface area contributed by atoms with Gasteiger partial charge in [-0.2, -0.15) is 13.2 Å². The van der Waals surface area contributed by atoms with Crippen LogP contribution in [0.4, 0.5) is 19.0 Å². The summed E-state index contributed by atoms with van der Waals surface area (Å²) in [5.41, 5.74) is -0.403. The summed E-state index contributed by atoms with van der Waals surface area (Å²) in [7, 11) is 0. The van der Waals surface area contributed by atoms with Crippen molar-refractivity contribution in [2.24, 2.45) is 0 Å². The third-order valence-corrected chi connectivity index (χ3v) is 4.21. The molecule has 0 saturated heterocycles. The Morgan fingerprint density at radius 3 is 2.69 bits per heavy atom. The second-order valence-corrected chi connectivity index (χ2v) is 7.36. The lowest BCUT2D eigenvalue weighted by Crippen LogP contribution is -2.50. The van der Waals surface area contributed by atoms with Crippen LogP contribution >= 0.6 is 0 Å². The first-order valence-corrected chi connectivity index (χ1v) is 8.99. The number of hydrogen-bond donors (Lipinski definition) is 4. The third-order valence-electron chi connectivity index (χ3n) is 4.21. The minimum Gasteiger partial charge on any atom is -0.356 e. The Morgan fingerprint density at radius 1 is 1.31 bits per heavy atom. The van der Waals surface area contributed by atoms with Crippen molar-refractivity contribution in [2.45, 2.75) is 44.4 Å². The van der Waals surface area contributed by atoms with E-state index in [1.807, 2.05) is 5.32 Å². The maximum atomic E-state index is 12.3. The van der Waals surface area contributed by atoms with Gasteiger partial charge < -0.3 is 20.9 Å². The summed E-state index contributed by atoms with van der Waals surface area (Å²) in [5.74, 6) is -0.485. The molecular formula is C18H23F3N6O2. The molecule has 29 heavy (non-hydrogen) atoms. The topological polar surface area (TPSA) is 112 Å². The van der Waals surface area contributed by atoms with Gasteiger partial charge in [-0.05, 0) is 38.8 Å². The first-order chi connectivity index (χ1) is 13.5. The van der Waals surface area contributed by atoms with Crippen LogP contribution in [0.15, 0.2) is 24.5 Å². The molecular weight excluding hydrogens is 389 g/mol. The van der Waals surface area contributed by atoms with E-state index in [1.165, 1.54) is 26.1 Å². The molecule has 1 aliphatic carbocycles. The third kappa shape index (κ3) is 5.69. The SMILES string of the molecule is CC(C)(Nc1ccnc(-c2c[nH]c(C(=O)NC3CC3)c2)n1)C(=O)NCC(F)(F)F.[HH]. The smallest absolute Gasteiger partial charge is 0.356 e. The molecule has 158 valence electrons. The average molecular weight is 412 g/mol. The predicted octanol–water partition coefficient (Wildman–Crippen LogP) is 2.48. The van der Waals surface area contributed by atoms with Crippen LogP contribution in [-0.4, -0.2) is 51.1 Å². The Hall–Kier alpha value is -3.11. The van der Waals surface area contributed by atoms with Gasteiger partial charge in [-0.3, -0.25) is 9.59 Å². The number of H-pyrrole nitrogens is 1. The standard InChI is InChI=1S/C18H21F3N6O2.H2/c1-17(2,16(29)24-9-18(19,20)21)27-13-5-6-22-14(26-13)10-7-12(23-8-10)15(28)25-11-3-4-11;/h5-8,11,23H,3-4,9H2,1-2H3,(H,24,29)(H,25,28)(H,22,26,27);1H. The molecule has 4 N–H and O–H groups in total. The number of halogens is 3. The molecule has 1 aliphatic rings. The van der Waals surface area contributed by atoms with Gasteiger partial charge in [0.1, 0.15) is 23.6 Å². The molecule has 2 amide bonds. The summed E-state index contributed by atoms with van der Waals surface area (Å²) >= 11 is 0. The van der Waals surface area contributed by atoms with Crippen LogP contribution < -0.4 is 16.0 Å². The Labute approximate surface area is 166 Å². The van der Waals surface area contributed by atoms with Gasteiger partial charge in [0, 0.05) is 25.4 Å². The summed E-state index contributed by atoms with van der Waals surface area (Å²) in [6, 6.07) is 3.33. The molecule has 0 spiro atoms. The van der Waals surface area contributed by atoms with Gasteiger partial charge in [0.05, 0.1) is 0 Å². The van der Waals surface area contributed by atoms with Crippen LogP contribution in [0.5, 0.6) is 0 Å². The summed E-state index contributed by atoms with van der Waals surface area (Å²) in [6.07, 6.45) is 0.490. The van der Waals surface area contributed by atoms with Crippen molar-refractivity contribution in [2.75, 3.05) is 11.9 Å². The quantitative estimate of drug-likeness (QED) is 0.558. The van der Waals surface area contributed by atoms with Gasteiger partial charge in [0.15, 0.2) is 5.82 Å². The number of rotatable bonds is 7. The minimum atomic E-state index is -4.49. The van der Waals surface area contributed by atoms with E-state index >= 15 is 0 Å². The van der Waals surface area contributed by atoms with Crippen molar-refractivity contribution in [1.29, 1.82) is 0 Å². The van der Waals surface area contributed by atoms with Gasteiger partial charge in [-0.25, -0.2) is 9.97 Å². The molecule has 2 aromatic heterocycles. The number of carbonyl (C=O) groups is 2. The zero-order valence-corrected chi connectivity index (χ0v) is 15.9. The Morgan fingerprint density at radius 2 is 2.03 bits per heavy atom. The summed E-state index contributed by atoms with van der Waals surface area (Å²) in [6.45, 7) is 1.47. The molecule has 1 saturated carbocycles. The lowest BCUT2D eigenvalue weighted by molar-refractivity contribution is -0.140. The summed E-state index contributed by atoms with van der Waals surface area (Å²) in [5, 5.41) is 7.52. The van der Waals surface area contributed by atoms with E-state index in [0.29, 0.717) is 17.1 Å². The largest absolute Gasteiger partial charge is 0.405 e. The van der Waals surface area contributed by atoms with E-state index in [1.54, 1.807) is 12.3 Å². The van der Waals surface area contributed by atoms with Gasteiger partial charge in [0.25, 0.3) is 5.91 Å². The van der Waals surface area contributed by atoms with Crippen molar-refractivity contribution in [3.8, 4) is 11.4 Å². The minimum absolute atomic E-state index is 0. The average Bonchev–Trinajstić information content (AvgIpc) is 3.30. The maximum absolute atomic E-state index is 12.3. The predicted molar refractivity (Wildman–Crippen MR) is 101 cm³/mol. The van der Waals surface area contributed by atoms with Crippen molar-refractivity contribution < 1.29 is 24.2 Å². The van der Waals surface area contributed by atoms with Crippen LogP contribution in [0.3, 0.4) is 0 Å². The first-order valence-electron chi connectivity index (χ1n) is 8.99. The molecule has 11 heteroatoms. The number of anilines is 1. The Bertz CT molecular complexity index is 911. The fraction of sp³-hybridized carbons (Fsp3) is 0.444. The van der Waals surface area contributed by atoms with E-state index in [0.717, 1.165) is 12.8 Å². The second-order valence-electron chi connectivity index (χ2n) is 7.36. The monoisotopic (exact) mass is 412 g/mol. The number of carbonyl (C=O) groups excluding carboxylic acids is 2. The second kappa shape index (κ2) is 7.72. The van der Waals surface area contributed by atoms with Gasteiger partial charge in [-0.15, -0.1) is 0 Å². The molecule has 2 heterocycles. The fourth-order valence-electron chi connectivity index (χ4n) is 2.49. The van der Waals surface area contributed by atoms with E-state index in [2.05, 4.69) is 25.6 Å². The van der Waals surface area contributed by atoms with E-state index < -0.39 is 24.2 Å². The fourth-order valence-corrected chi connectivity index (χ4v) is 2.49. The first kappa shape index (κ1) is 20.6. The van der Waals surface area contributed by atoms with Gasteiger partial charge >= 0.3 is 6.18 Å².